The molecular weight excluding hydrogens is 269 g/mol. The number of hydrogen-bond acceptors (Lipinski definition) is 3. The quantitative estimate of drug-likeness (QED) is 0.781. The lowest BCUT2D eigenvalue weighted by molar-refractivity contribution is -0.149. The van der Waals surface area contributed by atoms with E-state index in [-0.39, 0.29) is 0 Å². The van der Waals surface area contributed by atoms with Crippen LogP contribution in [0.4, 0.5) is 18.0 Å². The first-order valence-electron chi connectivity index (χ1n) is 5.37. The van der Waals surface area contributed by atoms with Gasteiger partial charge in [-0.2, -0.15) is 13.2 Å². The van der Waals surface area contributed by atoms with Crippen LogP contribution in [0.15, 0.2) is 0 Å². The number of aliphatic hydroxyl groups is 1. The molecule has 19 heavy (non-hydrogen) atoms. The van der Waals surface area contributed by atoms with E-state index in [9.17, 15) is 22.8 Å². The van der Waals surface area contributed by atoms with Gasteiger partial charge in [-0.05, 0) is 13.8 Å². The van der Waals surface area contributed by atoms with Gasteiger partial charge in [-0.1, -0.05) is 0 Å². The average molecular weight is 286 g/mol. The van der Waals surface area contributed by atoms with Crippen molar-refractivity contribution < 1.29 is 33.0 Å². The van der Waals surface area contributed by atoms with E-state index in [2.05, 4.69) is 0 Å². The van der Waals surface area contributed by atoms with Crippen molar-refractivity contribution in [3.8, 4) is 0 Å². The van der Waals surface area contributed by atoms with E-state index < -0.39 is 43.4 Å². The van der Waals surface area contributed by atoms with Crippen LogP contribution in [0.25, 0.3) is 0 Å². The lowest BCUT2D eigenvalue weighted by atomic mass is 10.0. The zero-order chi connectivity index (χ0) is 15.4. The molecule has 0 heterocycles. The number of halogens is 3. The van der Waals surface area contributed by atoms with Gasteiger partial charge in [-0.15, -0.1) is 0 Å². The molecule has 112 valence electrons. The number of alkyl halides is 3. The van der Waals surface area contributed by atoms with Gasteiger partial charge in [0.25, 0.3) is 0 Å². The summed E-state index contributed by atoms with van der Waals surface area (Å²) in [4.78, 5) is 23.8. The summed E-state index contributed by atoms with van der Waals surface area (Å²) in [6.45, 7) is -0.343. The van der Waals surface area contributed by atoms with Crippen molar-refractivity contribution in [2.45, 2.75) is 25.6 Å². The fraction of sp³-hybridized carbons (Fsp3) is 0.800. The Hall–Kier alpha value is -1.51. The van der Waals surface area contributed by atoms with Crippen LogP contribution in [-0.2, 0) is 4.79 Å². The molecule has 2 amide bonds. The number of hydrogen-bond donors (Lipinski definition) is 2. The molecule has 0 atom stereocenters. The molecule has 2 N–H and O–H groups in total. The third-order valence-corrected chi connectivity index (χ3v) is 2.66. The second kappa shape index (κ2) is 6.09. The van der Waals surface area contributed by atoms with Gasteiger partial charge in [0, 0.05) is 13.6 Å². The molecule has 0 aromatic carbocycles. The van der Waals surface area contributed by atoms with Crippen molar-refractivity contribution in [3.63, 3.8) is 0 Å². The highest BCUT2D eigenvalue weighted by Crippen LogP contribution is 2.20. The standard InChI is InChI=1S/C10H17F3N2O4/c1-9(2,7(17)18)14(3)8(19)15(4-5-16)6-10(11,12)13/h16H,4-6H2,1-3H3,(H,17,18). The van der Waals surface area contributed by atoms with E-state index in [0.29, 0.717) is 9.80 Å². The molecule has 0 aliphatic rings. The minimum absolute atomic E-state index is 0.352. The summed E-state index contributed by atoms with van der Waals surface area (Å²) in [5.41, 5.74) is -1.66. The number of rotatable bonds is 5. The zero-order valence-electron chi connectivity index (χ0n) is 10.9. The fourth-order valence-electron chi connectivity index (χ4n) is 1.17. The predicted molar refractivity (Wildman–Crippen MR) is 59.6 cm³/mol. The summed E-state index contributed by atoms with van der Waals surface area (Å²) in [5.74, 6) is -1.35. The Morgan fingerprint density at radius 2 is 1.68 bits per heavy atom. The van der Waals surface area contributed by atoms with E-state index >= 15 is 0 Å². The van der Waals surface area contributed by atoms with Crippen LogP contribution in [0.2, 0.25) is 0 Å². The zero-order valence-corrected chi connectivity index (χ0v) is 10.9. The lowest BCUT2D eigenvalue weighted by Crippen LogP contribution is -2.56. The molecule has 0 aromatic heterocycles. The predicted octanol–water partition coefficient (Wildman–Crippen LogP) is 0.758. The van der Waals surface area contributed by atoms with E-state index in [1.807, 2.05) is 0 Å². The second-order valence-electron chi connectivity index (χ2n) is 4.47. The first kappa shape index (κ1) is 17.5. The molecule has 6 nitrogen and oxygen atoms in total. The number of amides is 2. The molecule has 0 aliphatic carbocycles. The summed E-state index contributed by atoms with van der Waals surface area (Å²) in [7, 11) is 1.09. The molecule has 0 unspecified atom stereocenters. The minimum Gasteiger partial charge on any atom is -0.480 e. The van der Waals surface area contributed by atoms with Crippen LogP contribution >= 0.6 is 0 Å². The van der Waals surface area contributed by atoms with Crippen LogP contribution in [0.1, 0.15) is 13.8 Å². The number of likely N-dealkylation sites (N-methyl/N-ethyl adjacent to an activating group) is 1. The highest BCUT2D eigenvalue weighted by Gasteiger charge is 2.40. The van der Waals surface area contributed by atoms with Crippen molar-refractivity contribution >= 4 is 12.0 Å². The summed E-state index contributed by atoms with van der Waals surface area (Å²) in [6.07, 6.45) is -4.63. The number of aliphatic hydroxyl groups excluding tert-OH is 1. The first-order valence-corrected chi connectivity index (χ1v) is 5.37. The Bertz CT molecular complexity index is 344. The number of aliphatic carboxylic acids is 1. The Kier molecular flexibility index (Phi) is 5.61. The van der Waals surface area contributed by atoms with Gasteiger partial charge in [0.15, 0.2) is 0 Å². The summed E-state index contributed by atoms with van der Waals surface area (Å²) < 4.78 is 36.9. The molecule has 0 rings (SSSR count). The van der Waals surface area contributed by atoms with Crippen molar-refractivity contribution in [2.24, 2.45) is 0 Å². The SMILES string of the molecule is CN(C(=O)N(CCO)CC(F)(F)F)C(C)(C)C(=O)O. The highest BCUT2D eigenvalue weighted by molar-refractivity contribution is 5.85. The van der Waals surface area contributed by atoms with Gasteiger partial charge >= 0.3 is 18.2 Å². The molecule has 9 heteroatoms. The van der Waals surface area contributed by atoms with Crippen LogP contribution in [0.3, 0.4) is 0 Å². The maximum absolute atomic E-state index is 12.3. The van der Waals surface area contributed by atoms with Gasteiger partial charge < -0.3 is 20.0 Å². The van der Waals surface area contributed by atoms with Crippen molar-refractivity contribution in [1.82, 2.24) is 9.80 Å². The fourth-order valence-corrected chi connectivity index (χ4v) is 1.17. The molecule has 0 aromatic rings. The number of carbonyl (C=O) groups excluding carboxylic acids is 1. The number of urea groups is 1. The second-order valence-corrected chi connectivity index (χ2v) is 4.47. The van der Waals surface area contributed by atoms with Crippen molar-refractivity contribution in [2.75, 3.05) is 26.7 Å². The number of carboxylic acids is 1. The molecule has 0 saturated carbocycles. The maximum Gasteiger partial charge on any atom is 0.406 e. The molecule has 0 radical (unpaired) electrons. The third kappa shape index (κ3) is 4.93. The topological polar surface area (TPSA) is 81.1 Å². The van der Waals surface area contributed by atoms with E-state index in [1.54, 1.807) is 0 Å². The van der Waals surface area contributed by atoms with Gasteiger partial charge in [0.1, 0.15) is 12.1 Å². The average Bonchev–Trinajstić information content (AvgIpc) is 2.24. The minimum atomic E-state index is -4.63. The lowest BCUT2D eigenvalue weighted by Gasteiger charge is -2.36. The summed E-state index contributed by atoms with van der Waals surface area (Å²) in [5, 5.41) is 17.6. The first-order chi connectivity index (χ1) is 8.43. The molecule has 0 aliphatic heterocycles. The largest absolute Gasteiger partial charge is 0.480 e. The van der Waals surface area contributed by atoms with Crippen LogP contribution in [0, 0.1) is 0 Å². The van der Waals surface area contributed by atoms with Crippen LogP contribution < -0.4 is 0 Å². The van der Waals surface area contributed by atoms with Crippen LogP contribution in [-0.4, -0.2) is 70.5 Å². The van der Waals surface area contributed by atoms with Crippen LogP contribution in [0.5, 0.6) is 0 Å². The molecule has 0 spiro atoms. The summed E-state index contributed by atoms with van der Waals surface area (Å²) >= 11 is 0. The Morgan fingerprint density at radius 3 is 2.00 bits per heavy atom. The van der Waals surface area contributed by atoms with E-state index in [1.165, 1.54) is 13.8 Å². The molecular formula is C10H17F3N2O4. The molecule has 0 fully saturated rings. The van der Waals surface area contributed by atoms with Crippen molar-refractivity contribution in [3.05, 3.63) is 0 Å². The van der Waals surface area contributed by atoms with E-state index in [4.69, 9.17) is 10.2 Å². The molecule has 0 saturated heterocycles. The number of carbonyl (C=O) groups is 2. The van der Waals surface area contributed by atoms with Gasteiger partial charge in [-0.3, -0.25) is 0 Å². The highest BCUT2D eigenvalue weighted by atomic mass is 19.4. The smallest absolute Gasteiger partial charge is 0.406 e. The van der Waals surface area contributed by atoms with Gasteiger partial charge in [0.05, 0.1) is 6.61 Å². The van der Waals surface area contributed by atoms with Gasteiger partial charge in [0.2, 0.25) is 0 Å². The maximum atomic E-state index is 12.3. The van der Waals surface area contributed by atoms with E-state index in [0.717, 1.165) is 7.05 Å². The van der Waals surface area contributed by atoms with Crippen molar-refractivity contribution in [1.29, 1.82) is 0 Å². The Labute approximate surface area is 108 Å². The monoisotopic (exact) mass is 286 g/mol. The van der Waals surface area contributed by atoms with Gasteiger partial charge in [-0.25, -0.2) is 9.59 Å². The normalized spacial score (nSPS) is 12.2. The summed E-state index contributed by atoms with van der Waals surface area (Å²) in [6, 6.07) is -1.11. The number of nitrogens with zero attached hydrogens (tertiary/aromatic N) is 2. The molecule has 0 bridgehead atoms. The third-order valence-electron chi connectivity index (χ3n) is 2.66. The Morgan fingerprint density at radius 1 is 1.21 bits per heavy atom. The Balaban J connectivity index is 5.05. The number of carboxylic acid groups (broad SMARTS) is 1.